The molecule has 6 heteroatoms. The molecule has 2 aromatic carbocycles. The van der Waals surface area contributed by atoms with Gasteiger partial charge in [-0.25, -0.2) is 4.39 Å². The van der Waals surface area contributed by atoms with Crippen LogP contribution in [-0.2, 0) is 6.42 Å². The van der Waals surface area contributed by atoms with Gasteiger partial charge >= 0.3 is 0 Å². The number of benzene rings is 2. The Morgan fingerprint density at radius 3 is 2.62 bits per heavy atom. The second kappa shape index (κ2) is 9.00. The van der Waals surface area contributed by atoms with Gasteiger partial charge in [-0.3, -0.25) is 0 Å². The van der Waals surface area contributed by atoms with Gasteiger partial charge in [0.1, 0.15) is 35.9 Å². The Labute approximate surface area is 158 Å². The van der Waals surface area contributed by atoms with Crippen molar-refractivity contribution < 1.29 is 14.2 Å². The Bertz CT molecular complexity index is 772. The maximum absolute atomic E-state index is 13.0. The lowest BCUT2D eigenvalue weighted by atomic mass is 9.94. The normalized spacial score (nSPS) is 12.5. The van der Waals surface area contributed by atoms with Gasteiger partial charge in [-0.15, -0.1) is 0 Å². The Kier molecular flexibility index (Phi) is 6.98. The van der Waals surface area contributed by atoms with Crippen LogP contribution in [0.4, 0.5) is 4.39 Å². The number of β-amino-alcohol motifs (C(OH)–C–C–N with tert-alkyl or cyclic N) is 1. The number of nitrogens with zero attached hydrogens (tertiary/aromatic N) is 1. The molecular formula is C20H22ClFN2O2. The van der Waals surface area contributed by atoms with Crippen LogP contribution in [0.2, 0.25) is 5.02 Å². The molecule has 0 amide bonds. The molecule has 0 aliphatic rings. The van der Waals surface area contributed by atoms with Crippen LogP contribution in [-0.4, -0.2) is 29.9 Å². The lowest BCUT2D eigenvalue weighted by Gasteiger charge is -2.28. The molecule has 26 heavy (non-hydrogen) atoms. The number of rotatable bonds is 8. The molecule has 0 saturated carbocycles. The van der Waals surface area contributed by atoms with Gasteiger partial charge in [0.05, 0.1) is 5.02 Å². The zero-order chi connectivity index (χ0) is 19.2. The van der Waals surface area contributed by atoms with Crippen LogP contribution in [0.25, 0.3) is 0 Å². The van der Waals surface area contributed by atoms with Crippen molar-refractivity contribution >= 4 is 11.6 Å². The Balaban J connectivity index is 1.84. The van der Waals surface area contributed by atoms with Crippen molar-refractivity contribution in [2.75, 3.05) is 13.2 Å². The highest BCUT2D eigenvalue weighted by molar-refractivity contribution is 6.31. The minimum absolute atomic E-state index is 0.0364. The van der Waals surface area contributed by atoms with E-state index in [1.807, 2.05) is 19.9 Å². The van der Waals surface area contributed by atoms with E-state index >= 15 is 0 Å². The van der Waals surface area contributed by atoms with E-state index in [2.05, 4.69) is 5.32 Å². The summed E-state index contributed by atoms with van der Waals surface area (Å²) in [5.74, 6) is 0.0921. The molecule has 1 atom stereocenters. The van der Waals surface area contributed by atoms with Gasteiger partial charge < -0.3 is 15.2 Å². The monoisotopic (exact) mass is 376 g/mol. The average molecular weight is 377 g/mol. The second-order valence-corrected chi connectivity index (χ2v) is 7.16. The lowest BCUT2D eigenvalue weighted by Crippen LogP contribution is -2.46. The third-order valence-corrected chi connectivity index (χ3v) is 4.21. The molecule has 0 aliphatic heterocycles. The summed E-state index contributed by atoms with van der Waals surface area (Å²) < 4.78 is 18.5. The van der Waals surface area contributed by atoms with Gasteiger partial charge in [0, 0.05) is 12.1 Å². The first-order valence-corrected chi connectivity index (χ1v) is 8.67. The predicted molar refractivity (Wildman–Crippen MR) is 99.9 cm³/mol. The van der Waals surface area contributed by atoms with Crippen LogP contribution in [0.5, 0.6) is 5.75 Å². The molecule has 138 valence electrons. The summed E-state index contributed by atoms with van der Waals surface area (Å²) in [7, 11) is 0. The van der Waals surface area contributed by atoms with Crippen LogP contribution in [0.3, 0.4) is 0 Å². The molecule has 0 fully saturated rings. The first-order chi connectivity index (χ1) is 12.3. The number of nitriles is 1. The third-order valence-electron chi connectivity index (χ3n) is 3.89. The number of halogens is 2. The fraction of sp³-hybridized carbons (Fsp3) is 0.350. The Morgan fingerprint density at radius 1 is 1.27 bits per heavy atom. The minimum Gasteiger partial charge on any atom is -0.489 e. The largest absolute Gasteiger partial charge is 0.489 e. The molecule has 0 bridgehead atoms. The predicted octanol–water partition coefficient (Wildman–Crippen LogP) is 3.70. The van der Waals surface area contributed by atoms with Gasteiger partial charge in [-0.1, -0.05) is 29.8 Å². The highest BCUT2D eigenvalue weighted by atomic mass is 35.5. The maximum atomic E-state index is 13.0. The number of ether oxygens (including phenoxy) is 1. The van der Waals surface area contributed by atoms with Gasteiger partial charge in [-0.05, 0) is 50.1 Å². The van der Waals surface area contributed by atoms with Crippen molar-refractivity contribution in [3.8, 4) is 11.8 Å². The Morgan fingerprint density at radius 2 is 1.96 bits per heavy atom. The van der Waals surface area contributed by atoms with Crippen LogP contribution >= 0.6 is 11.6 Å². The first-order valence-electron chi connectivity index (χ1n) is 8.30. The van der Waals surface area contributed by atoms with E-state index in [0.29, 0.717) is 23.7 Å². The summed E-state index contributed by atoms with van der Waals surface area (Å²) in [5, 5.41) is 22.9. The summed E-state index contributed by atoms with van der Waals surface area (Å²) in [6.07, 6.45) is -0.0682. The van der Waals surface area contributed by atoms with Crippen LogP contribution < -0.4 is 10.1 Å². The first kappa shape index (κ1) is 20.2. The molecular weight excluding hydrogens is 355 g/mol. The summed E-state index contributed by atoms with van der Waals surface area (Å²) in [4.78, 5) is 0. The van der Waals surface area contributed by atoms with Crippen LogP contribution in [0.1, 0.15) is 25.0 Å². The molecule has 0 aromatic heterocycles. The molecule has 0 aliphatic carbocycles. The Hall–Kier alpha value is -2.13. The molecule has 2 aromatic rings. The van der Waals surface area contributed by atoms with E-state index in [-0.39, 0.29) is 23.5 Å². The van der Waals surface area contributed by atoms with Crippen molar-refractivity contribution in [1.29, 1.82) is 5.26 Å². The van der Waals surface area contributed by atoms with Gasteiger partial charge in [0.25, 0.3) is 0 Å². The highest BCUT2D eigenvalue weighted by Gasteiger charge is 2.20. The summed E-state index contributed by atoms with van der Waals surface area (Å²) in [5.41, 5.74) is 0.977. The summed E-state index contributed by atoms with van der Waals surface area (Å²) >= 11 is 5.95. The van der Waals surface area contributed by atoms with E-state index in [1.54, 1.807) is 30.3 Å². The zero-order valence-corrected chi connectivity index (χ0v) is 15.6. The van der Waals surface area contributed by atoms with E-state index in [9.17, 15) is 9.50 Å². The smallest absolute Gasteiger partial charge is 0.138 e. The quantitative estimate of drug-likeness (QED) is 0.737. The fourth-order valence-electron chi connectivity index (χ4n) is 2.55. The molecule has 0 unspecified atom stereocenters. The van der Waals surface area contributed by atoms with Gasteiger partial charge in [0.15, 0.2) is 0 Å². The molecule has 0 radical (unpaired) electrons. The van der Waals surface area contributed by atoms with Crippen molar-refractivity contribution in [2.45, 2.75) is 31.9 Å². The standard InChI is InChI=1S/C20H22ClFN2O2/c1-20(2,10-14-6-8-15(22)9-7-14)24-12-16(25)13-26-19-5-3-4-18(21)17(19)11-23/h3-9,16,24-25H,10,12-13H2,1-2H3/t16-/m1/s1. The van der Waals surface area contributed by atoms with Gasteiger partial charge in [-0.2, -0.15) is 5.26 Å². The number of hydrogen-bond acceptors (Lipinski definition) is 4. The minimum atomic E-state index is -0.756. The average Bonchev–Trinajstić information content (AvgIpc) is 2.60. The van der Waals surface area contributed by atoms with E-state index in [4.69, 9.17) is 21.6 Å². The van der Waals surface area contributed by atoms with Crippen LogP contribution in [0, 0.1) is 17.1 Å². The van der Waals surface area contributed by atoms with E-state index < -0.39 is 6.10 Å². The molecule has 2 rings (SSSR count). The number of hydrogen-bond donors (Lipinski definition) is 2. The number of nitrogens with one attached hydrogen (secondary N) is 1. The molecule has 2 N–H and O–H groups in total. The van der Waals surface area contributed by atoms with E-state index in [0.717, 1.165) is 5.56 Å². The highest BCUT2D eigenvalue weighted by Crippen LogP contribution is 2.25. The molecule has 4 nitrogen and oxygen atoms in total. The fourth-order valence-corrected chi connectivity index (χ4v) is 2.76. The SMILES string of the molecule is CC(C)(Cc1ccc(F)cc1)NC[C@@H](O)COc1cccc(Cl)c1C#N. The molecule has 0 saturated heterocycles. The molecule has 0 heterocycles. The van der Waals surface area contributed by atoms with Crippen molar-refractivity contribution in [3.05, 3.63) is 64.4 Å². The maximum Gasteiger partial charge on any atom is 0.138 e. The lowest BCUT2D eigenvalue weighted by molar-refractivity contribution is 0.0987. The van der Waals surface area contributed by atoms with Crippen molar-refractivity contribution in [2.24, 2.45) is 0 Å². The summed E-state index contributed by atoms with van der Waals surface area (Å²) in [6, 6.07) is 13.3. The number of aliphatic hydroxyl groups is 1. The van der Waals surface area contributed by atoms with Crippen molar-refractivity contribution in [1.82, 2.24) is 5.32 Å². The molecule has 0 spiro atoms. The topological polar surface area (TPSA) is 65.3 Å². The summed E-state index contributed by atoms with van der Waals surface area (Å²) in [6.45, 7) is 4.37. The van der Waals surface area contributed by atoms with Crippen molar-refractivity contribution in [3.63, 3.8) is 0 Å². The van der Waals surface area contributed by atoms with E-state index in [1.165, 1.54) is 12.1 Å². The number of aliphatic hydroxyl groups excluding tert-OH is 1. The zero-order valence-electron chi connectivity index (χ0n) is 14.8. The van der Waals surface area contributed by atoms with Gasteiger partial charge in [0.2, 0.25) is 0 Å². The second-order valence-electron chi connectivity index (χ2n) is 6.76. The third kappa shape index (κ3) is 5.99. The van der Waals surface area contributed by atoms with Crippen LogP contribution in [0.15, 0.2) is 42.5 Å².